The van der Waals surface area contributed by atoms with Crippen molar-refractivity contribution in [1.29, 1.82) is 0 Å². The molecule has 8 nitrogen and oxygen atoms in total. The summed E-state index contributed by atoms with van der Waals surface area (Å²) in [5.41, 5.74) is 0.912. The van der Waals surface area contributed by atoms with Gasteiger partial charge in [0.15, 0.2) is 5.82 Å². The minimum atomic E-state index is -0.307. The number of nitrogens with two attached hydrogens (primary N) is 1. The first-order valence-corrected chi connectivity index (χ1v) is 7.98. The van der Waals surface area contributed by atoms with E-state index in [0.717, 1.165) is 11.4 Å². The second-order valence-corrected chi connectivity index (χ2v) is 5.39. The lowest BCUT2D eigenvalue weighted by atomic mass is 10.3. The van der Waals surface area contributed by atoms with Crippen LogP contribution >= 0.6 is 11.8 Å². The van der Waals surface area contributed by atoms with Gasteiger partial charge in [0.1, 0.15) is 5.75 Å². The van der Waals surface area contributed by atoms with E-state index in [1.54, 1.807) is 14.0 Å². The first-order valence-electron chi connectivity index (χ1n) is 6.99. The number of hydrogen-bond donors (Lipinski definition) is 2. The standard InChI is InChI=1S/C14H19N5O3S/c1-3-22-13(20)9-23-14-18-17-12(19(14)15)8-16-10-4-6-11(21-2)7-5-10/h4-7,16H,3,8-9,15H2,1-2H3. The molecule has 0 saturated heterocycles. The van der Waals surface area contributed by atoms with Gasteiger partial charge in [-0.1, -0.05) is 11.8 Å². The number of anilines is 1. The van der Waals surface area contributed by atoms with Crippen LogP contribution in [0.4, 0.5) is 5.69 Å². The number of aromatic nitrogens is 3. The van der Waals surface area contributed by atoms with Crippen molar-refractivity contribution in [3.63, 3.8) is 0 Å². The Balaban J connectivity index is 1.89. The Morgan fingerprint density at radius 2 is 2.09 bits per heavy atom. The molecule has 2 rings (SSSR count). The lowest BCUT2D eigenvalue weighted by Gasteiger charge is -2.07. The molecule has 1 aromatic carbocycles. The van der Waals surface area contributed by atoms with Gasteiger partial charge in [-0.15, -0.1) is 10.2 Å². The fourth-order valence-electron chi connectivity index (χ4n) is 1.74. The summed E-state index contributed by atoms with van der Waals surface area (Å²) in [5.74, 6) is 7.12. The molecular weight excluding hydrogens is 318 g/mol. The highest BCUT2D eigenvalue weighted by molar-refractivity contribution is 7.99. The SMILES string of the molecule is CCOC(=O)CSc1nnc(CNc2ccc(OC)cc2)n1N. The van der Waals surface area contributed by atoms with E-state index in [-0.39, 0.29) is 11.7 Å². The highest BCUT2D eigenvalue weighted by Gasteiger charge is 2.12. The average Bonchev–Trinajstić information content (AvgIpc) is 2.92. The minimum Gasteiger partial charge on any atom is -0.497 e. The molecule has 0 aliphatic carbocycles. The molecular formula is C14H19N5O3S. The fraction of sp³-hybridized carbons (Fsp3) is 0.357. The van der Waals surface area contributed by atoms with Gasteiger partial charge in [0, 0.05) is 5.69 Å². The van der Waals surface area contributed by atoms with E-state index >= 15 is 0 Å². The summed E-state index contributed by atoms with van der Waals surface area (Å²) in [6.07, 6.45) is 0. The molecule has 2 aromatic rings. The lowest BCUT2D eigenvalue weighted by molar-refractivity contribution is -0.139. The Labute approximate surface area is 138 Å². The van der Waals surface area contributed by atoms with E-state index in [1.165, 1.54) is 16.4 Å². The molecule has 0 unspecified atom stereocenters. The van der Waals surface area contributed by atoms with Crippen LogP contribution in [0.2, 0.25) is 0 Å². The fourth-order valence-corrected chi connectivity index (χ4v) is 2.42. The van der Waals surface area contributed by atoms with Gasteiger partial charge in [-0.25, -0.2) is 4.68 Å². The van der Waals surface area contributed by atoms with Gasteiger partial charge in [0.25, 0.3) is 0 Å². The Hall–Kier alpha value is -2.42. The number of benzene rings is 1. The van der Waals surface area contributed by atoms with Gasteiger partial charge < -0.3 is 20.6 Å². The molecule has 0 saturated carbocycles. The largest absolute Gasteiger partial charge is 0.497 e. The molecule has 9 heteroatoms. The monoisotopic (exact) mass is 337 g/mol. The smallest absolute Gasteiger partial charge is 0.316 e. The molecule has 0 fully saturated rings. The van der Waals surface area contributed by atoms with Crippen molar-refractivity contribution in [2.24, 2.45) is 0 Å². The Bertz CT molecular complexity index is 644. The maximum absolute atomic E-state index is 11.3. The van der Waals surface area contributed by atoms with Crippen LogP contribution in [0.15, 0.2) is 29.4 Å². The number of methoxy groups -OCH3 is 1. The zero-order chi connectivity index (χ0) is 16.7. The molecule has 0 bridgehead atoms. The molecule has 124 valence electrons. The highest BCUT2D eigenvalue weighted by atomic mass is 32.2. The number of nitrogen functional groups attached to an aromatic ring is 1. The Kier molecular flexibility index (Phi) is 6.10. The van der Waals surface area contributed by atoms with Crippen LogP contribution in [-0.2, 0) is 16.1 Å². The van der Waals surface area contributed by atoms with Crippen molar-refractivity contribution in [1.82, 2.24) is 14.9 Å². The second kappa shape index (κ2) is 8.28. The van der Waals surface area contributed by atoms with Gasteiger partial charge in [0.2, 0.25) is 5.16 Å². The second-order valence-electron chi connectivity index (χ2n) is 4.44. The van der Waals surface area contributed by atoms with Crippen molar-refractivity contribution in [3.8, 4) is 5.75 Å². The molecule has 0 spiro atoms. The molecule has 23 heavy (non-hydrogen) atoms. The van der Waals surface area contributed by atoms with Crippen molar-refractivity contribution in [3.05, 3.63) is 30.1 Å². The number of carbonyl (C=O) groups is 1. The van der Waals surface area contributed by atoms with Crippen molar-refractivity contribution in [2.45, 2.75) is 18.6 Å². The summed E-state index contributed by atoms with van der Waals surface area (Å²) in [5, 5.41) is 11.6. The average molecular weight is 337 g/mol. The number of nitrogens with zero attached hydrogens (tertiary/aromatic N) is 3. The number of hydrogen-bond acceptors (Lipinski definition) is 8. The van der Waals surface area contributed by atoms with E-state index < -0.39 is 0 Å². The Morgan fingerprint density at radius 1 is 1.35 bits per heavy atom. The number of esters is 1. The summed E-state index contributed by atoms with van der Waals surface area (Å²) in [4.78, 5) is 11.3. The van der Waals surface area contributed by atoms with E-state index in [0.29, 0.717) is 24.1 Å². The van der Waals surface area contributed by atoms with Crippen LogP contribution < -0.4 is 15.9 Å². The van der Waals surface area contributed by atoms with Crippen LogP contribution in [0.1, 0.15) is 12.7 Å². The van der Waals surface area contributed by atoms with Crippen LogP contribution in [0, 0.1) is 0 Å². The molecule has 0 amide bonds. The van der Waals surface area contributed by atoms with Gasteiger partial charge in [0.05, 0.1) is 26.0 Å². The molecule has 0 radical (unpaired) electrons. The quantitative estimate of drug-likeness (QED) is 0.421. The van der Waals surface area contributed by atoms with E-state index in [4.69, 9.17) is 15.3 Å². The predicted octanol–water partition coefficient (Wildman–Crippen LogP) is 1.27. The van der Waals surface area contributed by atoms with Gasteiger partial charge in [-0.05, 0) is 31.2 Å². The minimum absolute atomic E-state index is 0.148. The molecule has 1 aromatic heterocycles. The lowest BCUT2D eigenvalue weighted by Crippen LogP contribution is -2.17. The van der Waals surface area contributed by atoms with Crippen LogP contribution in [0.3, 0.4) is 0 Å². The van der Waals surface area contributed by atoms with E-state index in [9.17, 15) is 4.79 Å². The third-order valence-corrected chi connectivity index (χ3v) is 3.82. The van der Waals surface area contributed by atoms with Crippen molar-refractivity contribution in [2.75, 3.05) is 30.6 Å². The summed E-state index contributed by atoms with van der Waals surface area (Å²) in [7, 11) is 1.62. The van der Waals surface area contributed by atoms with Gasteiger partial charge >= 0.3 is 5.97 Å². The first-order chi connectivity index (χ1) is 11.1. The number of rotatable bonds is 8. The molecule has 0 aliphatic heterocycles. The van der Waals surface area contributed by atoms with Gasteiger partial charge in [-0.2, -0.15) is 0 Å². The van der Waals surface area contributed by atoms with Gasteiger partial charge in [-0.3, -0.25) is 4.79 Å². The number of ether oxygens (including phenoxy) is 2. The number of carbonyl (C=O) groups excluding carboxylic acids is 1. The third-order valence-electron chi connectivity index (χ3n) is 2.90. The summed E-state index contributed by atoms with van der Waals surface area (Å²) in [6, 6.07) is 7.51. The number of nitrogens with one attached hydrogen (secondary N) is 1. The molecule has 0 atom stereocenters. The summed E-state index contributed by atoms with van der Waals surface area (Å²) in [6.45, 7) is 2.53. The third kappa shape index (κ3) is 4.78. The molecule has 0 aliphatic rings. The van der Waals surface area contributed by atoms with Crippen LogP contribution in [0.25, 0.3) is 0 Å². The zero-order valence-electron chi connectivity index (χ0n) is 13.0. The van der Waals surface area contributed by atoms with E-state index in [1.807, 2.05) is 24.3 Å². The predicted molar refractivity (Wildman–Crippen MR) is 87.9 cm³/mol. The summed E-state index contributed by atoms with van der Waals surface area (Å²) < 4.78 is 11.3. The zero-order valence-corrected chi connectivity index (χ0v) is 13.8. The van der Waals surface area contributed by atoms with Crippen molar-refractivity contribution >= 4 is 23.4 Å². The van der Waals surface area contributed by atoms with Crippen LogP contribution in [0.5, 0.6) is 5.75 Å². The highest BCUT2D eigenvalue weighted by Crippen LogP contribution is 2.17. The first kappa shape index (κ1) is 16.9. The van der Waals surface area contributed by atoms with Crippen LogP contribution in [-0.4, -0.2) is 40.3 Å². The topological polar surface area (TPSA) is 104 Å². The Morgan fingerprint density at radius 3 is 2.74 bits per heavy atom. The maximum Gasteiger partial charge on any atom is 0.316 e. The van der Waals surface area contributed by atoms with Crippen molar-refractivity contribution < 1.29 is 14.3 Å². The maximum atomic E-state index is 11.3. The summed E-state index contributed by atoms with van der Waals surface area (Å²) >= 11 is 1.19. The molecule has 3 N–H and O–H groups in total. The van der Waals surface area contributed by atoms with E-state index in [2.05, 4.69) is 15.5 Å². The molecule has 1 heterocycles. The normalized spacial score (nSPS) is 10.3. The number of thioether (sulfide) groups is 1.